The minimum absolute atomic E-state index is 0.244. The maximum absolute atomic E-state index is 14.3. The number of benzene rings is 3. The quantitative estimate of drug-likeness (QED) is 0.257. The lowest BCUT2D eigenvalue weighted by Crippen LogP contribution is -2.32. The van der Waals surface area contributed by atoms with E-state index in [1.165, 1.54) is 23.5 Å². The fraction of sp³-hybridized carbons (Fsp3) is 0.103. The maximum Gasteiger partial charge on any atom is 0.302 e. The van der Waals surface area contributed by atoms with Gasteiger partial charge in [0, 0.05) is 23.8 Å². The van der Waals surface area contributed by atoms with Crippen molar-refractivity contribution in [3.05, 3.63) is 89.7 Å². The van der Waals surface area contributed by atoms with E-state index in [1.54, 1.807) is 16.9 Å². The number of hydrogen-bond donors (Lipinski definition) is 2. The second kappa shape index (κ2) is 8.74. The molecule has 1 saturated carbocycles. The standard InChI is InChI=1S/C29H20FN5O2S/c30-18-8-3-7-17(13-18)22-14-23(21-10-4-6-16-5-1-2-9-20(16)21)32-29-25(22)26(31)27(38-29)28(36)33-24-15-35(34-37-24)19-11-12-19/h1-10,13-15,19H,11-12H2,(H2-,31,33,34,36)/p+1. The number of aromatic nitrogens is 3. The van der Waals surface area contributed by atoms with Crippen molar-refractivity contribution >= 4 is 49.8 Å². The molecule has 6 aromatic rings. The van der Waals surface area contributed by atoms with Gasteiger partial charge in [0.2, 0.25) is 5.27 Å². The summed E-state index contributed by atoms with van der Waals surface area (Å²) in [6.45, 7) is 0. The normalized spacial score (nSPS) is 13.3. The summed E-state index contributed by atoms with van der Waals surface area (Å²) in [5.74, 6) is -0.532. The number of nitrogen functional groups attached to an aromatic ring is 1. The number of fused-ring (bicyclic) bond motifs is 2. The predicted molar refractivity (Wildman–Crippen MR) is 145 cm³/mol. The fourth-order valence-electron chi connectivity index (χ4n) is 4.75. The molecule has 3 N–H and O–H groups in total. The van der Waals surface area contributed by atoms with Crippen LogP contribution in [-0.2, 0) is 0 Å². The average molecular weight is 523 g/mol. The van der Waals surface area contributed by atoms with E-state index in [9.17, 15) is 9.18 Å². The van der Waals surface area contributed by atoms with Crippen molar-refractivity contribution in [2.24, 2.45) is 0 Å². The van der Waals surface area contributed by atoms with Crippen molar-refractivity contribution in [2.75, 3.05) is 11.1 Å². The zero-order valence-corrected chi connectivity index (χ0v) is 20.8. The molecular weight excluding hydrogens is 501 g/mol. The van der Waals surface area contributed by atoms with Gasteiger partial charge in [-0.15, -0.1) is 11.3 Å². The molecule has 0 bridgehead atoms. The van der Waals surface area contributed by atoms with Crippen LogP contribution in [-0.4, -0.2) is 16.2 Å². The van der Waals surface area contributed by atoms with Crippen LogP contribution in [0.1, 0.15) is 28.6 Å². The SMILES string of the molecule is Nc1c(C(=O)Nc2c[n+](C3CC3)no2)sc2nc(-c3cccc4ccccc34)cc(-c3cccc(F)c3)c12. The van der Waals surface area contributed by atoms with Crippen molar-refractivity contribution < 1.29 is 18.4 Å². The molecule has 3 heterocycles. The van der Waals surface area contributed by atoms with Gasteiger partial charge in [0.25, 0.3) is 12.1 Å². The van der Waals surface area contributed by atoms with Gasteiger partial charge in [0.15, 0.2) is 6.04 Å². The molecule has 0 unspecified atom stereocenters. The minimum Gasteiger partial charge on any atom is -0.397 e. The number of pyridine rings is 1. The lowest BCUT2D eigenvalue weighted by atomic mass is 9.97. The van der Waals surface area contributed by atoms with Gasteiger partial charge in [-0.2, -0.15) is 0 Å². The van der Waals surface area contributed by atoms with Crippen LogP contribution in [0, 0.1) is 5.82 Å². The summed E-state index contributed by atoms with van der Waals surface area (Å²) in [4.78, 5) is 19.1. The van der Waals surface area contributed by atoms with Gasteiger partial charge >= 0.3 is 5.88 Å². The molecule has 0 atom stereocenters. The van der Waals surface area contributed by atoms with E-state index in [1.807, 2.05) is 54.6 Å². The van der Waals surface area contributed by atoms with Crippen LogP contribution in [0.25, 0.3) is 43.4 Å². The molecule has 0 saturated heterocycles. The average Bonchev–Trinajstić information content (AvgIpc) is 3.59. The van der Waals surface area contributed by atoms with Crippen molar-refractivity contribution in [3.8, 4) is 22.4 Å². The van der Waals surface area contributed by atoms with Crippen LogP contribution in [0.4, 0.5) is 16.0 Å². The predicted octanol–water partition coefficient (Wildman–Crippen LogP) is 6.37. The van der Waals surface area contributed by atoms with E-state index >= 15 is 0 Å². The molecule has 7 rings (SSSR count). The molecule has 1 fully saturated rings. The Hall–Kier alpha value is -4.63. The molecule has 0 radical (unpaired) electrons. The Morgan fingerprint density at radius 1 is 1.05 bits per heavy atom. The van der Waals surface area contributed by atoms with Gasteiger partial charge in [-0.25, -0.2) is 9.37 Å². The minimum atomic E-state index is -0.415. The first-order chi connectivity index (χ1) is 18.5. The molecule has 1 aliphatic carbocycles. The smallest absolute Gasteiger partial charge is 0.302 e. The van der Waals surface area contributed by atoms with Crippen molar-refractivity contribution in [2.45, 2.75) is 18.9 Å². The third kappa shape index (κ3) is 3.88. The highest BCUT2D eigenvalue weighted by molar-refractivity contribution is 7.21. The lowest BCUT2D eigenvalue weighted by molar-refractivity contribution is -0.765. The fourth-order valence-corrected chi connectivity index (χ4v) is 5.77. The number of hydrogen-bond acceptors (Lipinski definition) is 6. The highest BCUT2D eigenvalue weighted by atomic mass is 32.1. The summed E-state index contributed by atoms with van der Waals surface area (Å²) in [6, 6.07) is 22.7. The number of carbonyl (C=O) groups is 1. The third-order valence-electron chi connectivity index (χ3n) is 6.75. The van der Waals surface area contributed by atoms with Gasteiger partial charge in [-0.05, 0) is 44.8 Å². The Balaban J connectivity index is 1.39. The molecule has 0 spiro atoms. The molecule has 9 heteroatoms. The van der Waals surface area contributed by atoms with Gasteiger partial charge < -0.3 is 5.73 Å². The lowest BCUT2D eigenvalue weighted by Gasteiger charge is -2.11. The summed E-state index contributed by atoms with van der Waals surface area (Å²) in [6.07, 6.45) is 3.76. The number of amides is 1. The molecule has 3 aromatic carbocycles. The van der Waals surface area contributed by atoms with E-state index in [2.05, 4.69) is 10.6 Å². The maximum atomic E-state index is 14.3. The van der Waals surface area contributed by atoms with Crippen LogP contribution in [0.3, 0.4) is 0 Å². The van der Waals surface area contributed by atoms with Gasteiger partial charge in [-0.3, -0.25) is 14.6 Å². The molecule has 1 amide bonds. The molecule has 1 aliphatic rings. The van der Waals surface area contributed by atoms with Gasteiger partial charge in [-0.1, -0.05) is 54.6 Å². The first-order valence-corrected chi connectivity index (χ1v) is 13.0. The Labute approximate surface area is 220 Å². The van der Waals surface area contributed by atoms with Crippen LogP contribution in [0.2, 0.25) is 0 Å². The van der Waals surface area contributed by atoms with Crippen LogP contribution < -0.4 is 15.7 Å². The third-order valence-corrected chi connectivity index (χ3v) is 7.85. The number of nitrogens with one attached hydrogen (secondary N) is 1. The number of carbonyl (C=O) groups excluding carboxylic acids is 1. The second-order valence-corrected chi connectivity index (χ2v) is 10.3. The van der Waals surface area contributed by atoms with Crippen molar-refractivity contribution in [3.63, 3.8) is 0 Å². The molecule has 7 nitrogen and oxygen atoms in total. The van der Waals surface area contributed by atoms with E-state index < -0.39 is 5.91 Å². The Morgan fingerprint density at radius 3 is 2.71 bits per heavy atom. The number of thiophene rings is 1. The topological polar surface area (TPSA) is 97.9 Å². The summed E-state index contributed by atoms with van der Waals surface area (Å²) in [5, 5.41) is 9.47. The molecule has 0 aliphatic heterocycles. The zero-order chi connectivity index (χ0) is 25.8. The Morgan fingerprint density at radius 2 is 1.87 bits per heavy atom. The van der Waals surface area contributed by atoms with Crippen molar-refractivity contribution in [1.29, 1.82) is 0 Å². The van der Waals surface area contributed by atoms with E-state index in [-0.39, 0.29) is 17.4 Å². The first-order valence-electron chi connectivity index (χ1n) is 12.2. The second-order valence-electron chi connectivity index (χ2n) is 9.35. The molecule has 3 aromatic heterocycles. The van der Waals surface area contributed by atoms with Crippen LogP contribution in [0.15, 0.2) is 83.5 Å². The van der Waals surface area contributed by atoms with Gasteiger partial charge in [0.1, 0.15) is 15.5 Å². The van der Waals surface area contributed by atoms with E-state index in [0.717, 1.165) is 29.2 Å². The van der Waals surface area contributed by atoms with Crippen LogP contribution in [0.5, 0.6) is 0 Å². The number of nitrogens with two attached hydrogens (primary N) is 1. The Bertz CT molecular complexity index is 1870. The number of nitrogens with zero attached hydrogens (tertiary/aromatic N) is 3. The van der Waals surface area contributed by atoms with E-state index in [4.69, 9.17) is 15.2 Å². The largest absolute Gasteiger partial charge is 0.397 e. The van der Waals surface area contributed by atoms with Crippen LogP contribution >= 0.6 is 11.3 Å². The molecule has 38 heavy (non-hydrogen) atoms. The molecule has 186 valence electrons. The monoisotopic (exact) mass is 522 g/mol. The summed E-state index contributed by atoms with van der Waals surface area (Å²) in [7, 11) is 0. The first kappa shape index (κ1) is 22.6. The number of halogens is 1. The number of anilines is 2. The van der Waals surface area contributed by atoms with Gasteiger partial charge in [0.05, 0.1) is 11.4 Å². The highest BCUT2D eigenvalue weighted by Crippen LogP contribution is 2.42. The zero-order valence-electron chi connectivity index (χ0n) is 20.0. The summed E-state index contributed by atoms with van der Waals surface area (Å²) >= 11 is 1.19. The van der Waals surface area contributed by atoms with E-state index in [0.29, 0.717) is 38.0 Å². The summed E-state index contributed by atoms with van der Waals surface area (Å²) in [5.41, 5.74) is 9.86. The van der Waals surface area contributed by atoms with Crippen molar-refractivity contribution in [1.82, 2.24) is 10.3 Å². The summed E-state index contributed by atoms with van der Waals surface area (Å²) < 4.78 is 21.3. The Kier molecular flexibility index (Phi) is 5.19. The molecular formula is C29H21FN5O2S+. The number of rotatable bonds is 5. The highest BCUT2D eigenvalue weighted by Gasteiger charge is 2.36.